The van der Waals surface area contributed by atoms with Crippen molar-refractivity contribution in [3.63, 3.8) is 0 Å². The molecule has 1 fully saturated rings. The number of halogens is 1. The highest BCUT2D eigenvalue weighted by Gasteiger charge is 2.23. The van der Waals surface area contributed by atoms with Gasteiger partial charge in [0.2, 0.25) is 11.8 Å². The van der Waals surface area contributed by atoms with Crippen LogP contribution in [-0.2, 0) is 9.59 Å². The smallest absolute Gasteiger partial charge is 0.236 e. The van der Waals surface area contributed by atoms with Gasteiger partial charge < -0.3 is 14.5 Å². The summed E-state index contributed by atoms with van der Waals surface area (Å²) in [4.78, 5) is 30.4. The van der Waals surface area contributed by atoms with E-state index in [0.29, 0.717) is 39.1 Å². The lowest BCUT2D eigenvalue weighted by atomic mass is 10.2. The van der Waals surface area contributed by atoms with Crippen molar-refractivity contribution < 1.29 is 14.3 Å². The molecule has 0 radical (unpaired) electrons. The van der Waals surface area contributed by atoms with E-state index in [1.165, 1.54) is 0 Å². The lowest BCUT2D eigenvalue weighted by Crippen LogP contribution is -2.51. The van der Waals surface area contributed by atoms with Gasteiger partial charge in [-0.1, -0.05) is 22.0 Å². The third-order valence-electron chi connectivity index (χ3n) is 4.80. The fraction of sp³-hybridized carbons (Fsp3) is 0.600. The Morgan fingerprint density at radius 2 is 1.85 bits per heavy atom. The number of rotatable bonds is 9. The number of hydrogen-bond donors (Lipinski definition) is 0. The number of amides is 2. The molecule has 2 amide bonds. The molecule has 0 saturated carbocycles. The maximum Gasteiger partial charge on any atom is 0.236 e. The van der Waals surface area contributed by atoms with Crippen molar-refractivity contribution in [2.24, 2.45) is 0 Å². The van der Waals surface area contributed by atoms with Crippen LogP contribution in [0.5, 0.6) is 5.75 Å². The van der Waals surface area contributed by atoms with Crippen LogP contribution in [0.2, 0.25) is 0 Å². The second-order valence-corrected chi connectivity index (χ2v) is 7.55. The molecule has 1 aromatic carbocycles. The first-order valence-corrected chi connectivity index (χ1v) is 10.5. The first-order valence-electron chi connectivity index (χ1n) is 9.69. The maximum atomic E-state index is 12.4. The lowest BCUT2D eigenvalue weighted by molar-refractivity contribution is -0.135. The van der Waals surface area contributed by atoms with E-state index in [9.17, 15) is 9.59 Å². The average molecular weight is 440 g/mol. The minimum Gasteiger partial charge on any atom is -0.494 e. The molecule has 1 saturated heterocycles. The molecule has 0 aliphatic carbocycles. The monoisotopic (exact) mass is 439 g/mol. The summed E-state index contributed by atoms with van der Waals surface area (Å²) >= 11 is 3.41. The first-order chi connectivity index (χ1) is 13.0. The van der Waals surface area contributed by atoms with Crippen molar-refractivity contribution in [3.8, 4) is 5.75 Å². The van der Waals surface area contributed by atoms with Crippen molar-refractivity contribution in [2.45, 2.75) is 26.7 Å². The van der Waals surface area contributed by atoms with Crippen LogP contribution in [0.4, 0.5) is 0 Å². The summed E-state index contributed by atoms with van der Waals surface area (Å²) in [5.41, 5.74) is 0. The van der Waals surface area contributed by atoms with Gasteiger partial charge in [-0.3, -0.25) is 14.5 Å². The number of benzene rings is 1. The topological polar surface area (TPSA) is 53.1 Å². The molecule has 0 atom stereocenters. The molecule has 2 rings (SSSR count). The van der Waals surface area contributed by atoms with Gasteiger partial charge in [0.05, 0.1) is 13.2 Å². The van der Waals surface area contributed by atoms with Crippen LogP contribution in [0.15, 0.2) is 28.7 Å². The van der Waals surface area contributed by atoms with E-state index in [1.54, 1.807) is 0 Å². The van der Waals surface area contributed by atoms with Gasteiger partial charge in [-0.15, -0.1) is 0 Å². The highest BCUT2D eigenvalue weighted by atomic mass is 79.9. The largest absolute Gasteiger partial charge is 0.494 e. The van der Waals surface area contributed by atoms with Gasteiger partial charge >= 0.3 is 0 Å². The van der Waals surface area contributed by atoms with Gasteiger partial charge in [-0.25, -0.2) is 0 Å². The molecule has 0 unspecified atom stereocenters. The quantitative estimate of drug-likeness (QED) is 0.554. The predicted octanol–water partition coefficient (Wildman–Crippen LogP) is 2.62. The Hall–Kier alpha value is -1.60. The molecule has 0 bridgehead atoms. The van der Waals surface area contributed by atoms with Crippen LogP contribution in [0, 0.1) is 0 Å². The van der Waals surface area contributed by atoms with Crippen LogP contribution < -0.4 is 4.74 Å². The molecule has 0 aromatic heterocycles. The molecule has 1 aliphatic rings. The van der Waals surface area contributed by atoms with E-state index >= 15 is 0 Å². The first kappa shape index (κ1) is 21.7. The number of piperazine rings is 1. The minimum atomic E-state index is 0.169. The van der Waals surface area contributed by atoms with E-state index in [0.717, 1.165) is 36.4 Å². The molecule has 7 heteroatoms. The number of ether oxygens (including phenoxy) is 1. The third kappa shape index (κ3) is 7.14. The van der Waals surface area contributed by atoms with Gasteiger partial charge in [-0.2, -0.15) is 0 Å². The normalized spacial score (nSPS) is 14.9. The summed E-state index contributed by atoms with van der Waals surface area (Å²) in [5, 5.41) is 0. The van der Waals surface area contributed by atoms with Crippen LogP contribution in [-0.4, -0.2) is 78.9 Å². The molecule has 1 aromatic rings. The summed E-state index contributed by atoms with van der Waals surface area (Å²) < 4.78 is 6.66. The Labute approximate surface area is 170 Å². The summed E-state index contributed by atoms with van der Waals surface area (Å²) in [7, 11) is 0. The number of carbonyl (C=O) groups is 2. The fourth-order valence-corrected chi connectivity index (χ4v) is 3.53. The predicted molar refractivity (Wildman–Crippen MR) is 110 cm³/mol. The van der Waals surface area contributed by atoms with E-state index in [-0.39, 0.29) is 11.8 Å². The maximum absolute atomic E-state index is 12.4. The van der Waals surface area contributed by atoms with E-state index in [4.69, 9.17) is 4.74 Å². The number of nitrogens with zero attached hydrogens (tertiary/aromatic N) is 3. The van der Waals surface area contributed by atoms with Gasteiger partial charge in [0.15, 0.2) is 0 Å². The van der Waals surface area contributed by atoms with E-state index in [2.05, 4.69) is 20.8 Å². The zero-order valence-corrected chi connectivity index (χ0v) is 17.9. The molecular weight excluding hydrogens is 410 g/mol. The van der Waals surface area contributed by atoms with Gasteiger partial charge in [-0.05, 0) is 38.5 Å². The van der Waals surface area contributed by atoms with Crippen LogP contribution >= 0.6 is 15.9 Å². The Balaban J connectivity index is 1.64. The lowest BCUT2D eigenvalue weighted by Gasteiger charge is -2.35. The molecule has 1 aliphatic heterocycles. The Morgan fingerprint density at radius 3 is 2.48 bits per heavy atom. The molecule has 0 spiro atoms. The molecule has 150 valence electrons. The summed E-state index contributed by atoms with van der Waals surface area (Å²) in [6.07, 6.45) is 1.19. The van der Waals surface area contributed by atoms with E-state index in [1.807, 2.05) is 47.9 Å². The number of carbonyl (C=O) groups excluding carboxylic acids is 2. The molecular formula is C20H30BrN3O3. The highest BCUT2D eigenvalue weighted by Crippen LogP contribution is 2.18. The van der Waals surface area contributed by atoms with E-state index < -0.39 is 0 Å². The molecule has 0 N–H and O–H groups in total. The standard InChI is InChI=1S/C20H30BrN3O3/c1-3-23(4-2)20(26)16-22-10-12-24(13-11-22)19(25)9-6-14-27-18-8-5-7-17(21)15-18/h5,7-8,15H,3-4,6,9-14,16H2,1-2H3. The van der Waals surface area contributed by atoms with Gasteiger partial charge in [0, 0.05) is 50.2 Å². The second kappa shape index (κ2) is 11.3. The van der Waals surface area contributed by atoms with Gasteiger partial charge in [0.1, 0.15) is 5.75 Å². The third-order valence-corrected chi connectivity index (χ3v) is 5.29. The zero-order chi connectivity index (χ0) is 19.6. The zero-order valence-electron chi connectivity index (χ0n) is 16.3. The number of likely N-dealkylation sites (N-methyl/N-ethyl adjacent to an activating group) is 1. The Kier molecular flexibility index (Phi) is 9.07. The Morgan fingerprint density at radius 1 is 1.15 bits per heavy atom. The van der Waals surface area contributed by atoms with Crippen LogP contribution in [0.3, 0.4) is 0 Å². The summed E-state index contributed by atoms with van der Waals surface area (Å²) in [6, 6.07) is 7.70. The minimum absolute atomic E-state index is 0.169. The summed E-state index contributed by atoms with van der Waals surface area (Å²) in [5.74, 6) is 1.15. The van der Waals surface area contributed by atoms with Crippen molar-refractivity contribution in [1.29, 1.82) is 0 Å². The molecule has 6 nitrogen and oxygen atoms in total. The van der Waals surface area contributed by atoms with Crippen molar-refractivity contribution >= 4 is 27.7 Å². The average Bonchev–Trinajstić information content (AvgIpc) is 2.66. The van der Waals surface area contributed by atoms with Crippen molar-refractivity contribution in [1.82, 2.24) is 14.7 Å². The van der Waals surface area contributed by atoms with Gasteiger partial charge in [0.25, 0.3) is 0 Å². The van der Waals surface area contributed by atoms with Crippen molar-refractivity contribution in [3.05, 3.63) is 28.7 Å². The second-order valence-electron chi connectivity index (χ2n) is 6.63. The van der Waals surface area contributed by atoms with Crippen LogP contribution in [0.1, 0.15) is 26.7 Å². The summed E-state index contributed by atoms with van der Waals surface area (Å²) in [6.45, 7) is 9.36. The SMILES string of the molecule is CCN(CC)C(=O)CN1CCN(C(=O)CCCOc2cccc(Br)c2)CC1. The number of hydrogen-bond acceptors (Lipinski definition) is 4. The fourth-order valence-electron chi connectivity index (χ4n) is 3.15. The molecule has 27 heavy (non-hydrogen) atoms. The van der Waals surface area contributed by atoms with Crippen LogP contribution in [0.25, 0.3) is 0 Å². The van der Waals surface area contributed by atoms with Crippen molar-refractivity contribution in [2.75, 3.05) is 52.4 Å². The molecule has 1 heterocycles. The Bertz CT molecular complexity index is 614. The highest BCUT2D eigenvalue weighted by molar-refractivity contribution is 9.10.